The van der Waals surface area contributed by atoms with Crippen LogP contribution in [0, 0.1) is 0 Å². The van der Waals surface area contributed by atoms with Crippen LogP contribution in [0.15, 0.2) is 24.3 Å². The van der Waals surface area contributed by atoms with Crippen LogP contribution < -0.4 is 4.18 Å². The van der Waals surface area contributed by atoms with E-state index in [1.807, 2.05) is 0 Å². The summed E-state index contributed by atoms with van der Waals surface area (Å²) in [4.78, 5) is 10.5. The fraction of sp³-hybridized carbons (Fsp3) is 0.533. The minimum atomic E-state index is -8.93. The number of benzene rings is 1. The van der Waals surface area contributed by atoms with Crippen molar-refractivity contribution < 1.29 is 92.0 Å². The Morgan fingerprint density at radius 3 is 1.35 bits per heavy atom. The van der Waals surface area contributed by atoms with Crippen molar-refractivity contribution >= 4 is 16.4 Å². The summed E-state index contributed by atoms with van der Waals surface area (Å²) in [5, 5.41) is -7.80. The van der Waals surface area contributed by atoms with Gasteiger partial charge in [0.25, 0.3) is 0 Å². The van der Waals surface area contributed by atoms with Crippen LogP contribution in [0.5, 0.6) is 5.75 Å². The molecule has 22 heteroatoms. The Hall–Kier alpha value is -2.55. The molecule has 0 aliphatic rings. The topological polar surface area (TPSA) is 60.4 Å². The Bertz CT molecular complexity index is 1120. The van der Waals surface area contributed by atoms with Gasteiger partial charge in [-0.25, -0.2) is 0 Å². The third kappa shape index (κ3) is 4.43. The van der Waals surface area contributed by atoms with E-state index in [9.17, 15) is 87.8 Å². The molecule has 0 aliphatic carbocycles. The van der Waals surface area contributed by atoms with Gasteiger partial charge < -0.3 is 4.18 Å². The van der Waals surface area contributed by atoms with E-state index < -0.39 is 68.4 Å². The minimum absolute atomic E-state index is 0.138. The third-order valence-electron chi connectivity index (χ3n) is 4.21. The first kappa shape index (κ1) is 32.5. The van der Waals surface area contributed by atoms with Crippen molar-refractivity contribution in [1.82, 2.24) is 0 Å². The first-order chi connectivity index (χ1) is 16.0. The summed E-state index contributed by atoms with van der Waals surface area (Å²) < 4.78 is 251. The molecule has 0 amide bonds. The van der Waals surface area contributed by atoms with Crippen LogP contribution in [-0.4, -0.2) is 61.7 Å². The first-order valence-corrected chi connectivity index (χ1v) is 9.62. The van der Waals surface area contributed by atoms with Crippen LogP contribution in [0.3, 0.4) is 0 Å². The molecule has 0 atom stereocenters. The molecular weight excluding hydrogens is 599 g/mol. The number of carbonyl (C=O) groups is 1. The maximum Gasteiger partial charge on any atom is 0.460 e. The van der Waals surface area contributed by atoms with Crippen molar-refractivity contribution in [2.24, 2.45) is 0 Å². The molecule has 0 saturated carbocycles. The summed E-state index contributed by atoms with van der Waals surface area (Å²) in [5.74, 6) is -53.8. The summed E-state index contributed by atoms with van der Waals surface area (Å²) in [6, 6.07) is 1.74. The number of hydrogen-bond donors (Lipinski definition) is 0. The normalized spacial score (nSPS) is 15.5. The van der Waals surface area contributed by atoms with Crippen molar-refractivity contribution in [2.45, 2.75) is 47.0 Å². The number of aldehydes is 1. The Kier molecular flexibility index (Phi) is 7.68. The summed E-state index contributed by atoms with van der Waals surface area (Å²) in [6.45, 7) is 0. The molecule has 37 heavy (non-hydrogen) atoms. The molecule has 4 nitrogen and oxygen atoms in total. The lowest BCUT2D eigenvalue weighted by molar-refractivity contribution is -0.458. The van der Waals surface area contributed by atoms with Crippen molar-refractivity contribution in [1.29, 1.82) is 0 Å². The van der Waals surface area contributed by atoms with Gasteiger partial charge in [0.15, 0.2) is 0 Å². The van der Waals surface area contributed by atoms with Gasteiger partial charge in [-0.05, 0) is 12.1 Å². The summed E-state index contributed by atoms with van der Waals surface area (Å²) in [7, 11) is -7.74. The van der Waals surface area contributed by atoms with Crippen LogP contribution >= 0.6 is 0 Å². The van der Waals surface area contributed by atoms with E-state index in [2.05, 4.69) is 4.18 Å². The van der Waals surface area contributed by atoms with Crippen LogP contribution in [-0.2, 0) is 10.1 Å². The number of alkyl halides is 17. The average molecular weight is 604 g/mol. The second kappa shape index (κ2) is 8.75. The second-order valence-electron chi connectivity index (χ2n) is 6.69. The predicted octanol–water partition coefficient (Wildman–Crippen LogP) is 6.17. The molecule has 0 N–H and O–H groups in total. The molecular formula is C15H5F17O4S. The van der Waals surface area contributed by atoms with Crippen LogP contribution in [0.25, 0.3) is 0 Å². The third-order valence-corrected chi connectivity index (χ3v) is 5.50. The lowest BCUT2D eigenvalue weighted by atomic mass is 9.91. The maximum atomic E-state index is 13.9. The Morgan fingerprint density at radius 2 is 0.973 bits per heavy atom. The van der Waals surface area contributed by atoms with Crippen molar-refractivity contribution in [3.05, 3.63) is 29.8 Å². The van der Waals surface area contributed by atoms with Gasteiger partial charge in [0.05, 0.1) is 0 Å². The van der Waals surface area contributed by atoms with Gasteiger partial charge >= 0.3 is 57.1 Å². The highest BCUT2D eigenvalue weighted by molar-refractivity contribution is 7.88. The highest BCUT2D eigenvalue weighted by Gasteiger charge is 2.96. The number of halogens is 17. The predicted molar refractivity (Wildman–Crippen MR) is 82.1 cm³/mol. The molecule has 0 saturated heterocycles. The molecule has 1 aromatic rings. The van der Waals surface area contributed by atoms with Gasteiger partial charge in [0.2, 0.25) is 0 Å². The molecule has 1 aromatic carbocycles. The average Bonchev–Trinajstić information content (AvgIpc) is 2.71. The lowest BCUT2D eigenvalue weighted by Crippen LogP contribution is -2.75. The van der Waals surface area contributed by atoms with Crippen molar-refractivity contribution in [3.8, 4) is 5.75 Å². The molecule has 0 heterocycles. The van der Waals surface area contributed by atoms with E-state index in [1.165, 1.54) is 0 Å². The zero-order valence-electron chi connectivity index (χ0n) is 16.4. The van der Waals surface area contributed by atoms with E-state index in [-0.39, 0.29) is 18.4 Å². The van der Waals surface area contributed by atoms with Crippen molar-refractivity contribution in [2.75, 3.05) is 0 Å². The van der Waals surface area contributed by atoms with Gasteiger partial charge in [-0.15, -0.1) is 0 Å². The van der Waals surface area contributed by atoms with Crippen molar-refractivity contribution in [3.63, 3.8) is 0 Å². The SMILES string of the molecule is O=Cc1cccc(OS(=O)(=O)C(F)(F)C(F)(F)C(F)(F)C(F)(F)C(F)(F)C(F)(F)C(F)(F)C(F)(F)F)c1. The minimum Gasteiger partial charge on any atom is -0.378 e. The second-order valence-corrected chi connectivity index (χ2v) is 8.28. The molecule has 0 unspecified atom stereocenters. The fourth-order valence-electron chi connectivity index (χ4n) is 2.13. The van der Waals surface area contributed by atoms with E-state index in [4.69, 9.17) is 0 Å². The quantitative estimate of drug-likeness (QED) is 0.182. The fourth-order valence-corrected chi connectivity index (χ4v) is 3.03. The first-order valence-electron chi connectivity index (χ1n) is 8.22. The molecule has 0 bridgehead atoms. The molecule has 214 valence electrons. The molecule has 1 rings (SSSR count). The van der Waals surface area contributed by atoms with Gasteiger partial charge in [0.1, 0.15) is 12.0 Å². The van der Waals surface area contributed by atoms with Gasteiger partial charge in [-0.1, -0.05) is 12.1 Å². The monoisotopic (exact) mass is 604 g/mol. The highest BCUT2D eigenvalue weighted by Crippen LogP contribution is 2.64. The maximum absolute atomic E-state index is 13.9. The van der Waals surface area contributed by atoms with Crippen LogP contribution in [0.2, 0.25) is 0 Å². The van der Waals surface area contributed by atoms with Crippen LogP contribution in [0.4, 0.5) is 74.6 Å². The van der Waals surface area contributed by atoms with E-state index in [0.29, 0.717) is 6.07 Å². The van der Waals surface area contributed by atoms with E-state index in [1.54, 1.807) is 0 Å². The number of carbonyl (C=O) groups excluding carboxylic acids is 1. The molecule has 0 fully saturated rings. The number of hydrogen-bond acceptors (Lipinski definition) is 4. The van der Waals surface area contributed by atoms with Gasteiger partial charge in [-0.2, -0.15) is 83.1 Å². The van der Waals surface area contributed by atoms with Gasteiger partial charge in [-0.3, -0.25) is 4.79 Å². The summed E-state index contributed by atoms with van der Waals surface area (Å²) in [5.41, 5.74) is -0.674. The Labute approximate surface area is 192 Å². The number of rotatable bonds is 10. The standard InChI is InChI=1S/C15H5F17O4S/c16-8(17,10(20,21)12(24,25)14(28,29)30)9(18,19)11(22,23)13(26,27)15(31,32)37(34,35)36-7-3-1-2-6(4-7)5-33/h1-5H. The molecule has 0 aromatic heterocycles. The van der Waals surface area contributed by atoms with Gasteiger partial charge in [0, 0.05) is 5.56 Å². The Balaban J connectivity index is 3.70. The smallest absolute Gasteiger partial charge is 0.378 e. The molecule has 0 radical (unpaired) electrons. The molecule has 0 spiro atoms. The lowest BCUT2D eigenvalue weighted by Gasteiger charge is -2.42. The summed E-state index contributed by atoms with van der Waals surface area (Å²) >= 11 is 0. The van der Waals surface area contributed by atoms with E-state index >= 15 is 0 Å². The Morgan fingerprint density at radius 1 is 0.595 bits per heavy atom. The zero-order valence-corrected chi connectivity index (χ0v) is 17.2. The largest absolute Gasteiger partial charge is 0.460 e. The van der Waals surface area contributed by atoms with E-state index in [0.717, 1.165) is 6.07 Å². The zero-order chi connectivity index (χ0) is 29.9. The molecule has 0 aliphatic heterocycles. The van der Waals surface area contributed by atoms with Crippen LogP contribution in [0.1, 0.15) is 10.4 Å². The summed E-state index contributed by atoms with van der Waals surface area (Å²) in [6.07, 6.45) is -8.08. The highest BCUT2D eigenvalue weighted by atomic mass is 32.2.